The molecule has 0 radical (unpaired) electrons. The Balaban J connectivity index is 1.48. The molecule has 1 N–H and O–H groups in total. The van der Waals surface area contributed by atoms with Crippen LogP contribution in [0.2, 0.25) is 5.02 Å². The number of methoxy groups -OCH3 is 1. The smallest absolute Gasteiger partial charge is 0.278 e. The van der Waals surface area contributed by atoms with Crippen molar-refractivity contribution in [2.75, 3.05) is 13.7 Å². The fourth-order valence-corrected chi connectivity index (χ4v) is 3.07. The summed E-state index contributed by atoms with van der Waals surface area (Å²) in [6.07, 6.45) is 1.50. The number of pyridine rings is 1. The largest absolute Gasteiger partial charge is 0.489 e. The summed E-state index contributed by atoms with van der Waals surface area (Å²) in [7, 11) is 1.53. The lowest BCUT2D eigenvalue weighted by Gasteiger charge is -2.10. The highest BCUT2D eigenvalue weighted by molar-refractivity contribution is 6.30. The maximum absolute atomic E-state index is 12.1. The third-order valence-corrected chi connectivity index (χ3v) is 4.80. The van der Waals surface area contributed by atoms with E-state index >= 15 is 0 Å². The molecule has 0 aliphatic carbocycles. The Morgan fingerprint density at radius 1 is 1.15 bits per heavy atom. The number of carbonyl (C=O) groups excluding carboxylic acids is 1. The zero-order valence-corrected chi connectivity index (χ0v) is 19.5. The first-order valence-corrected chi connectivity index (χ1v) is 10.7. The van der Waals surface area contributed by atoms with Gasteiger partial charge in [0.05, 0.1) is 12.8 Å². The minimum Gasteiger partial charge on any atom is -0.489 e. The molecule has 0 unspecified atom stereocenters. The van der Waals surface area contributed by atoms with E-state index in [4.69, 9.17) is 25.8 Å². The molecule has 1 amide bonds. The highest BCUT2D eigenvalue weighted by atomic mass is 35.5. The van der Waals surface area contributed by atoms with E-state index in [0.717, 1.165) is 11.1 Å². The second kappa shape index (κ2) is 12.3. The molecule has 8 nitrogen and oxygen atoms in total. The minimum atomic E-state index is -0.486. The molecule has 9 heteroatoms. The Morgan fingerprint density at radius 2 is 1.88 bits per heavy atom. The molecule has 0 aliphatic heterocycles. The van der Waals surface area contributed by atoms with Gasteiger partial charge in [0.1, 0.15) is 24.0 Å². The number of benzene rings is 2. The number of nitrogens with one attached hydrogen (secondary N) is 1. The first-order chi connectivity index (χ1) is 16.5. The Bertz CT molecular complexity index is 1190. The van der Waals surface area contributed by atoms with E-state index in [9.17, 15) is 10.1 Å². The van der Waals surface area contributed by atoms with Crippen LogP contribution in [0.1, 0.15) is 27.9 Å². The van der Waals surface area contributed by atoms with Crippen LogP contribution in [0, 0.1) is 18.3 Å². The van der Waals surface area contributed by atoms with Gasteiger partial charge in [-0.05, 0) is 60.5 Å². The van der Waals surface area contributed by atoms with Gasteiger partial charge in [-0.1, -0.05) is 23.7 Å². The average Bonchev–Trinajstić information content (AvgIpc) is 2.83. The number of aryl methyl sites for hydroxylation is 1. The number of hydrogen-bond donors (Lipinski definition) is 1. The summed E-state index contributed by atoms with van der Waals surface area (Å²) in [5.74, 6) is 0.304. The van der Waals surface area contributed by atoms with Crippen molar-refractivity contribution in [3.63, 3.8) is 0 Å². The lowest BCUT2D eigenvalue weighted by Crippen LogP contribution is -2.25. The first-order valence-electron chi connectivity index (χ1n) is 10.3. The summed E-state index contributed by atoms with van der Waals surface area (Å²) >= 11 is 5.88. The number of carbonyl (C=O) groups is 1. The van der Waals surface area contributed by atoms with Crippen molar-refractivity contribution >= 4 is 23.7 Å². The quantitative estimate of drug-likeness (QED) is 0.346. The summed E-state index contributed by atoms with van der Waals surface area (Å²) < 4.78 is 16.3. The van der Waals surface area contributed by atoms with E-state index in [-0.39, 0.29) is 24.7 Å². The van der Waals surface area contributed by atoms with Crippen molar-refractivity contribution in [1.29, 1.82) is 5.26 Å². The molecule has 0 atom stereocenters. The molecule has 2 aromatic carbocycles. The number of nitrogens with zero attached hydrogens (tertiary/aromatic N) is 3. The van der Waals surface area contributed by atoms with Crippen LogP contribution in [0.3, 0.4) is 0 Å². The Morgan fingerprint density at radius 3 is 2.56 bits per heavy atom. The van der Waals surface area contributed by atoms with Gasteiger partial charge in [0.2, 0.25) is 5.88 Å². The molecule has 34 heavy (non-hydrogen) atoms. The standard InChI is InChI=1S/C25H23ClN4O4/c1-17-11-20(15-32-2)23(12-27)25(29-17)34-16-24(31)30-28-13-18-5-9-22(10-6-18)33-14-19-3-7-21(26)8-4-19/h3-11,13H,14-16H2,1-2H3,(H,30,31)/b28-13-. The summed E-state index contributed by atoms with van der Waals surface area (Å²) in [6.45, 7) is 2.10. The van der Waals surface area contributed by atoms with E-state index in [0.29, 0.717) is 28.6 Å². The number of halogens is 1. The van der Waals surface area contributed by atoms with Crippen LogP contribution in [0.4, 0.5) is 0 Å². The van der Waals surface area contributed by atoms with Gasteiger partial charge in [-0.2, -0.15) is 10.4 Å². The fraction of sp³-hybridized carbons (Fsp3) is 0.200. The SMILES string of the molecule is COCc1cc(C)nc(OCC(=O)N/N=C\c2ccc(OCc3ccc(Cl)cc3)cc2)c1C#N. The van der Waals surface area contributed by atoms with Gasteiger partial charge in [-0.3, -0.25) is 4.79 Å². The van der Waals surface area contributed by atoms with E-state index in [1.165, 1.54) is 13.3 Å². The van der Waals surface area contributed by atoms with Gasteiger partial charge in [0.15, 0.2) is 6.61 Å². The molecule has 0 bridgehead atoms. The van der Waals surface area contributed by atoms with Gasteiger partial charge in [0.25, 0.3) is 5.91 Å². The number of aromatic nitrogens is 1. The van der Waals surface area contributed by atoms with E-state index in [1.807, 2.05) is 54.6 Å². The van der Waals surface area contributed by atoms with Crippen LogP contribution in [-0.4, -0.2) is 30.8 Å². The lowest BCUT2D eigenvalue weighted by atomic mass is 10.1. The molecule has 0 fully saturated rings. The molecule has 0 saturated heterocycles. The van der Waals surface area contributed by atoms with Crippen LogP contribution >= 0.6 is 11.6 Å². The molecule has 0 spiro atoms. The summed E-state index contributed by atoms with van der Waals surface area (Å²) in [5, 5.41) is 14.0. The molecule has 1 heterocycles. The van der Waals surface area contributed by atoms with Gasteiger partial charge < -0.3 is 14.2 Å². The second-order valence-electron chi connectivity index (χ2n) is 7.21. The van der Waals surface area contributed by atoms with Crippen LogP contribution in [0.25, 0.3) is 0 Å². The van der Waals surface area contributed by atoms with Crippen molar-refractivity contribution in [3.05, 3.63) is 87.6 Å². The summed E-state index contributed by atoms with van der Waals surface area (Å²) in [6, 6.07) is 18.5. The maximum atomic E-state index is 12.1. The third-order valence-electron chi connectivity index (χ3n) is 4.55. The zero-order chi connectivity index (χ0) is 24.3. The Labute approximate surface area is 202 Å². The van der Waals surface area contributed by atoms with E-state index < -0.39 is 5.91 Å². The van der Waals surface area contributed by atoms with Gasteiger partial charge in [0, 0.05) is 23.4 Å². The van der Waals surface area contributed by atoms with Gasteiger partial charge >= 0.3 is 0 Å². The predicted molar refractivity (Wildman–Crippen MR) is 128 cm³/mol. The number of ether oxygens (including phenoxy) is 3. The van der Waals surface area contributed by atoms with Crippen LogP contribution in [-0.2, 0) is 22.7 Å². The molecule has 0 aliphatic rings. The maximum Gasteiger partial charge on any atom is 0.278 e. The van der Waals surface area contributed by atoms with E-state index in [2.05, 4.69) is 15.5 Å². The zero-order valence-electron chi connectivity index (χ0n) is 18.7. The van der Waals surface area contributed by atoms with Crippen LogP contribution in [0.15, 0.2) is 59.7 Å². The van der Waals surface area contributed by atoms with Crippen LogP contribution < -0.4 is 14.9 Å². The highest BCUT2D eigenvalue weighted by Gasteiger charge is 2.14. The number of hydrazone groups is 1. The molecule has 3 aromatic rings. The van der Waals surface area contributed by atoms with Gasteiger partial charge in [-0.15, -0.1) is 0 Å². The summed E-state index contributed by atoms with van der Waals surface area (Å²) in [5.41, 5.74) is 5.71. The molecule has 3 rings (SSSR count). The predicted octanol–water partition coefficient (Wildman–Crippen LogP) is 4.17. The fourth-order valence-electron chi connectivity index (χ4n) is 2.95. The second-order valence-corrected chi connectivity index (χ2v) is 7.65. The number of rotatable bonds is 10. The normalized spacial score (nSPS) is 10.6. The first kappa shape index (κ1) is 24.7. The minimum absolute atomic E-state index is 0.0860. The number of amides is 1. The van der Waals surface area contributed by atoms with Crippen molar-refractivity contribution < 1.29 is 19.0 Å². The number of hydrogen-bond acceptors (Lipinski definition) is 7. The summed E-state index contributed by atoms with van der Waals surface area (Å²) in [4.78, 5) is 16.3. The van der Waals surface area contributed by atoms with Crippen LogP contribution in [0.5, 0.6) is 11.6 Å². The number of nitriles is 1. The molecule has 0 saturated carbocycles. The monoisotopic (exact) mass is 478 g/mol. The highest BCUT2D eigenvalue weighted by Crippen LogP contribution is 2.21. The Hall–Kier alpha value is -3.93. The van der Waals surface area contributed by atoms with Crippen molar-refractivity contribution in [3.8, 4) is 17.7 Å². The molecular weight excluding hydrogens is 456 g/mol. The third kappa shape index (κ3) is 7.30. The van der Waals surface area contributed by atoms with Crippen molar-refractivity contribution in [1.82, 2.24) is 10.4 Å². The van der Waals surface area contributed by atoms with E-state index in [1.54, 1.807) is 13.0 Å². The molecule has 1 aromatic heterocycles. The van der Waals surface area contributed by atoms with Crippen molar-refractivity contribution in [2.45, 2.75) is 20.1 Å². The lowest BCUT2D eigenvalue weighted by molar-refractivity contribution is -0.123. The molecular formula is C25H23ClN4O4. The topological polar surface area (TPSA) is 106 Å². The average molecular weight is 479 g/mol. The molecule has 174 valence electrons. The van der Waals surface area contributed by atoms with Gasteiger partial charge in [-0.25, -0.2) is 10.4 Å². The Kier molecular flexibility index (Phi) is 8.97. The van der Waals surface area contributed by atoms with Crippen molar-refractivity contribution in [2.24, 2.45) is 5.10 Å².